The molecule has 0 fully saturated rings. The molecule has 1 N–H and O–H groups in total. The largest absolute Gasteiger partial charge is 0.334 e. The van der Waals surface area contributed by atoms with E-state index in [1.807, 2.05) is 32.0 Å². The minimum atomic E-state index is -0.792. The minimum absolute atomic E-state index is 0.191. The highest BCUT2D eigenvalue weighted by Gasteiger charge is 2.24. The third-order valence-electron chi connectivity index (χ3n) is 2.73. The van der Waals surface area contributed by atoms with Crippen molar-refractivity contribution in [1.82, 2.24) is 5.32 Å². The van der Waals surface area contributed by atoms with Gasteiger partial charge in [0.25, 0.3) is 5.91 Å². The first-order chi connectivity index (χ1) is 7.52. The van der Waals surface area contributed by atoms with Gasteiger partial charge in [-0.3, -0.25) is 4.79 Å². The summed E-state index contributed by atoms with van der Waals surface area (Å²) in [6, 6.07) is 9.46. The molecule has 0 aliphatic rings. The molecule has 16 heavy (non-hydrogen) atoms. The molecule has 3 heteroatoms. The van der Waals surface area contributed by atoms with Gasteiger partial charge in [0.15, 0.2) is 0 Å². The molecular weight excluding hydrogens is 200 g/mol. The lowest BCUT2D eigenvalue weighted by atomic mass is 9.99. The molecule has 0 aliphatic heterocycles. The van der Waals surface area contributed by atoms with Crippen molar-refractivity contribution in [3.8, 4) is 6.07 Å². The molecule has 0 spiro atoms. The molecule has 1 unspecified atom stereocenters. The average Bonchev–Trinajstić information content (AvgIpc) is 2.29. The fraction of sp³-hybridized carbons (Fsp3) is 0.385. The number of aryl methyl sites for hydroxylation is 1. The molecule has 1 amide bonds. The van der Waals surface area contributed by atoms with Crippen LogP contribution in [0.2, 0.25) is 0 Å². The molecule has 1 atom stereocenters. The molecule has 1 aromatic rings. The van der Waals surface area contributed by atoms with Crippen LogP contribution >= 0.6 is 0 Å². The number of carbonyl (C=O) groups is 1. The van der Waals surface area contributed by atoms with Crippen molar-refractivity contribution in [2.24, 2.45) is 0 Å². The number of hydrogen-bond acceptors (Lipinski definition) is 2. The molecular formula is C13H16N2O. The topological polar surface area (TPSA) is 52.9 Å². The lowest BCUT2D eigenvalue weighted by Gasteiger charge is -2.21. The summed E-state index contributed by atoms with van der Waals surface area (Å²) in [7, 11) is 0. The van der Waals surface area contributed by atoms with Gasteiger partial charge in [-0.1, -0.05) is 25.1 Å². The van der Waals surface area contributed by atoms with E-state index < -0.39 is 5.54 Å². The van der Waals surface area contributed by atoms with Gasteiger partial charge >= 0.3 is 0 Å². The second-order valence-electron chi connectivity index (χ2n) is 4.07. The summed E-state index contributed by atoms with van der Waals surface area (Å²) in [6.45, 7) is 5.48. The quantitative estimate of drug-likeness (QED) is 0.843. The van der Waals surface area contributed by atoms with E-state index in [1.165, 1.54) is 0 Å². The monoisotopic (exact) mass is 216 g/mol. The Balaban J connectivity index is 2.90. The van der Waals surface area contributed by atoms with Crippen LogP contribution in [-0.4, -0.2) is 11.4 Å². The molecule has 1 rings (SSSR count). The Labute approximate surface area is 96.1 Å². The highest BCUT2D eigenvalue weighted by Crippen LogP contribution is 2.11. The zero-order valence-corrected chi connectivity index (χ0v) is 9.87. The van der Waals surface area contributed by atoms with Crippen LogP contribution in [0, 0.1) is 18.3 Å². The van der Waals surface area contributed by atoms with Gasteiger partial charge in [-0.15, -0.1) is 0 Å². The first kappa shape index (κ1) is 12.3. The third kappa shape index (κ3) is 2.60. The maximum absolute atomic E-state index is 11.9. The summed E-state index contributed by atoms with van der Waals surface area (Å²) >= 11 is 0. The van der Waals surface area contributed by atoms with Gasteiger partial charge in [0.2, 0.25) is 0 Å². The molecule has 0 aliphatic carbocycles. The molecule has 0 aromatic heterocycles. The third-order valence-corrected chi connectivity index (χ3v) is 2.73. The van der Waals surface area contributed by atoms with Gasteiger partial charge in [0, 0.05) is 5.56 Å². The molecule has 0 heterocycles. The summed E-state index contributed by atoms with van der Waals surface area (Å²) in [5.41, 5.74) is 0.744. The summed E-state index contributed by atoms with van der Waals surface area (Å²) in [6.07, 6.45) is 0.584. The SMILES string of the molecule is CCC(C)(C#N)NC(=O)c1ccccc1C. The average molecular weight is 216 g/mol. The smallest absolute Gasteiger partial charge is 0.252 e. The summed E-state index contributed by atoms with van der Waals surface area (Å²) in [5.74, 6) is -0.191. The molecule has 0 bridgehead atoms. The van der Waals surface area contributed by atoms with Crippen LogP contribution < -0.4 is 5.32 Å². The number of nitrogens with zero attached hydrogens (tertiary/aromatic N) is 1. The number of hydrogen-bond donors (Lipinski definition) is 1. The first-order valence-corrected chi connectivity index (χ1v) is 5.32. The number of rotatable bonds is 3. The predicted molar refractivity (Wildman–Crippen MR) is 63.0 cm³/mol. The number of nitrogens with one attached hydrogen (secondary N) is 1. The highest BCUT2D eigenvalue weighted by molar-refractivity contribution is 5.96. The van der Waals surface area contributed by atoms with Crippen molar-refractivity contribution in [3.63, 3.8) is 0 Å². The Hall–Kier alpha value is -1.82. The van der Waals surface area contributed by atoms with Crippen molar-refractivity contribution in [1.29, 1.82) is 5.26 Å². The molecule has 0 saturated heterocycles. The van der Waals surface area contributed by atoms with Crippen molar-refractivity contribution >= 4 is 5.91 Å². The Morgan fingerprint density at radius 2 is 2.12 bits per heavy atom. The van der Waals surface area contributed by atoms with E-state index in [9.17, 15) is 4.79 Å². The van der Waals surface area contributed by atoms with E-state index in [2.05, 4.69) is 11.4 Å². The van der Waals surface area contributed by atoms with Gasteiger partial charge in [-0.2, -0.15) is 5.26 Å². The summed E-state index contributed by atoms with van der Waals surface area (Å²) in [5, 5.41) is 11.7. The van der Waals surface area contributed by atoms with E-state index in [0.29, 0.717) is 12.0 Å². The van der Waals surface area contributed by atoms with Crippen LogP contribution in [0.5, 0.6) is 0 Å². The second-order valence-corrected chi connectivity index (χ2v) is 4.07. The molecule has 1 aromatic carbocycles. The maximum atomic E-state index is 11.9. The number of benzene rings is 1. The standard InChI is InChI=1S/C13H16N2O/c1-4-13(3,9-14)15-12(16)11-8-6-5-7-10(11)2/h5-8H,4H2,1-3H3,(H,15,16). The van der Waals surface area contributed by atoms with E-state index in [0.717, 1.165) is 5.56 Å². The first-order valence-electron chi connectivity index (χ1n) is 5.32. The van der Waals surface area contributed by atoms with Crippen LogP contribution in [0.15, 0.2) is 24.3 Å². The van der Waals surface area contributed by atoms with Crippen LogP contribution in [0.4, 0.5) is 0 Å². The Bertz CT molecular complexity index is 434. The van der Waals surface area contributed by atoms with Gasteiger partial charge in [0.05, 0.1) is 6.07 Å². The van der Waals surface area contributed by atoms with E-state index in [4.69, 9.17) is 5.26 Å². The van der Waals surface area contributed by atoms with Crippen molar-refractivity contribution in [2.75, 3.05) is 0 Å². The number of amides is 1. The van der Waals surface area contributed by atoms with Crippen LogP contribution in [-0.2, 0) is 0 Å². The van der Waals surface area contributed by atoms with Crippen molar-refractivity contribution in [3.05, 3.63) is 35.4 Å². The Morgan fingerprint density at radius 3 is 2.62 bits per heavy atom. The van der Waals surface area contributed by atoms with E-state index >= 15 is 0 Å². The van der Waals surface area contributed by atoms with Crippen LogP contribution in [0.3, 0.4) is 0 Å². The van der Waals surface area contributed by atoms with Crippen LogP contribution in [0.25, 0.3) is 0 Å². The van der Waals surface area contributed by atoms with Crippen LogP contribution in [0.1, 0.15) is 36.2 Å². The molecule has 0 saturated carbocycles. The lowest BCUT2D eigenvalue weighted by Crippen LogP contribution is -2.44. The minimum Gasteiger partial charge on any atom is -0.334 e. The van der Waals surface area contributed by atoms with Crippen molar-refractivity contribution < 1.29 is 4.79 Å². The molecule has 0 radical (unpaired) electrons. The maximum Gasteiger partial charge on any atom is 0.252 e. The molecule has 3 nitrogen and oxygen atoms in total. The lowest BCUT2D eigenvalue weighted by molar-refractivity contribution is 0.0922. The normalized spacial score (nSPS) is 13.6. The van der Waals surface area contributed by atoms with Gasteiger partial charge in [-0.25, -0.2) is 0 Å². The Morgan fingerprint density at radius 1 is 1.50 bits per heavy atom. The summed E-state index contributed by atoms with van der Waals surface area (Å²) < 4.78 is 0. The zero-order chi connectivity index (χ0) is 12.2. The van der Waals surface area contributed by atoms with Crippen molar-refractivity contribution in [2.45, 2.75) is 32.7 Å². The zero-order valence-electron chi connectivity index (χ0n) is 9.87. The fourth-order valence-electron chi connectivity index (χ4n) is 1.34. The second kappa shape index (κ2) is 4.80. The number of carbonyl (C=O) groups excluding carboxylic acids is 1. The van der Waals surface area contributed by atoms with Gasteiger partial charge < -0.3 is 5.32 Å². The van der Waals surface area contributed by atoms with Gasteiger partial charge in [-0.05, 0) is 31.9 Å². The molecule has 84 valence electrons. The van der Waals surface area contributed by atoms with E-state index in [1.54, 1.807) is 13.0 Å². The van der Waals surface area contributed by atoms with E-state index in [-0.39, 0.29) is 5.91 Å². The predicted octanol–water partition coefficient (Wildman–Crippen LogP) is 2.42. The van der Waals surface area contributed by atoms with Gasteiger partial charge in [0.1, 0.15) is 5.54 Å². The Kier molecular flexibility index (Phi) is 3.68. The number of nitriles is 1. The summed E-state index contributed by atoms with van der Waals surface area (Å²) in [4.78, 5) is 11.9. The fourth-order valence-corrected chi connectivity index (χ4v) is 1.34. The highest BCUT2D eigenvalue weighted by atomic mass is 16.1.